The highest BCUT2D eigenvalue weighted by atomic mass is 14.9. The highest BCUT2D eigenvalue weighted by Gasteiger charge is 2.30. The van der Waals surface area contributed by atoms with Crippen molar-refractivity contribution in [1.29, 1.82) is 0 Å². The van der Waals surface area contributed by atoms with Crippen LogP contribution in [0.3, 0.4) is 0 Å². The predicted molar refractivity (Wildman–Crippen MR) is 79.1 cm³/mol. The zero-order valence-corrected chi connectivity index (χ0v) is 12.3. The Kier molecular flexibility index (Phi) is 4.45. The van der Waals surface area contributed by atoms with Gasteiger partial charge in [-0.25, -0.2) is 0 Å². The van der Waals surface area contributed by atoms with Gasteiger partial charge in [0.2, 0.25) is 0 Å². The molecule has 1 aliphatic carbocycles. The molecule has 0 aromatic heterocycles. The fraction of sp³-hybridized carbons (Fsp3) is 0.647. The highest BCUT2D eigenvalue weighted by molar-refractivity contribution is 5.37. The molecular weight excluding hydrogens is 218 g/mol. The van der Waals surface area contributed by atoms with Gasteiger partial charge in [-0.1, -0.05) is 24.6 Å². The van der Waals surface area contributed by atoms with Crippen LogP contribution in [0.5, 0.6) is 0 Å². The molecule has 18 heavy (non-hydrogen) atoms. The molecule has 1 saturated carbocycles. The molecule has 0 bridgehead atoms. The Morgan fingerprint density at radius 3 is 2.17 bits per heavy atom. The van der Waals surface area contributed by atoms with E-state index in [2.05, 4.69) is 45.1 Å². The smallest absolute Gasteiger partial charge is 0.00179 e. The summed E-state index contributed by atoms with van der Waals surface area (Å²) in [5.74, 6) is 1.81. The van der Waals surface area contributed by atoms with Gasteiger partial charge in [0.05, 0.1) is 0 Å². The molecule has 0 aliphatic heterocycles. The largest absolute Gasteiger partial charge is 0.317 e. The lowest BCUT2D eigenvalue weighted by Crippen LogP contribution is -2.36. The van der Waals surface area contributed by atoms with E-state index in [4.69, 9.17) is 0 Å². The van der Waals surface area contributed by atoms with Crippen molar-refractivity contribution in [1.82, 2.24) is 5.32 Å². The van der Waals surface area contributed by atoms with Crippen LogP contribution >= 0.6 is 0 Å². The number of aryl methyl sites for hydroxylation is 3. The first-order valence-corrected chi connectivity index (χ1v) is 7.39. The predicted octanol–water partition coefficient (Wildman–Crippen LogP) is 3.79. The molecule has 1 fully saturated rings. The first-order valence-electron chi connectivity index (χ1n) is 7.39. The minimum Gasteiger partial charge on any atom is -0.317 e. The van der Waals surface area contributed by atoms with Gasteiger partial charge in [0.15, 0.2) is 0 Å². The zero-order valence-electron chi connectivity index (χ0n) is 12.3. The van der Waals surface area contributed by atoms with E-state index in [1.807, 2.05) is 0 Å². The molecule has 1 aromatic rings. The third-order valence-corrected chi connectivity index (χ3v) is 4.54. The second-order valence-electron chi connectivity index (χ2n) is 5.99. The average molecular weight is 245 g/mol. The summed E-state index contributed by atoms with van der Waals surface area (Å²) >= 11 is 0. The van der Waals surface area contributed by atoms with Gasteiger partial charge < -0.3 is 5.32 Å². The van der Waals surface area contributed by atoms with E-state index in [9.17, 15) is 0 Å². The number of benzene rings is 1. The van der Waals surface area contributed by atoms with Crippen molar-refractivity contribution in [2.45, 2.75) is 47.0 Å². The molecule has 1 aliphatic rings. The molecular formula is C17H27N. The SMILES string of the molecule is CCNCC1CCC1Cc1c(C)cc(C)cc1C. The van der Waals surface area contributed by atoms with Crippen LogP contribution < -0.4 is 5.32 Å². The molecule has 0 heterocycles. The molecule has 2 unspecified atom stereocenters. The van der Waals surface area contributed by atoms with Crippen molar-refractivity contribution < 1.29 is 0 Å². The fourth-order valence-corrected chi connectivity index (χ4v) is 3.30. The summed E-state index contributed by atoms with van der Waals surface area (Å²) in [6.45, 7) is 11.3. The van der Waals surface area contributed by atoms with Gasteiger partial charge in [-0.05, 0) is 81.6 Å². The van der Waals surface area contributed by atoms with Crippen LogP contribution in [0, 0.1) is 32.6 Å². The van der Waals surface area contributed by atoms with Crippen LogP contribution in [0.1, 0.15) is 42.0 Å². The van der Waals surface area contributed by atoms with Crippen LogP contribution in [0.4, 0.5) is 0 Å². The molecule has 1 heteroatoms. The lowest BCUT2D eigenvalue weighted by molar-refractivity contribution is 0.171. The quantitative estimate of drug-likeness (QED) is 0.832. The number of rotatable bonds is 5. The standard InChI is InChI=1S/C17H27N/c1-5-18-11-16-7-6-15(16)10-17-13(3)8-12(2)9-14(17)4/h8-9,15-16,18H,5-7,10-11H2,1-4H3. The Morgan fingerprint density at radius 2 is 1.67 bits per heavy atom. The molecule has 0 radical (unpaired) electrons. The third-order valence-electron chi connectivity index (χ3n) is 4.54. The first kappa shape index (κ1) is 13.6. The van der Waals surface area contributed by atoms with E-state index in [0.29, 0.717) is 0 Å². The van der Waals surface area contributed by atoms with Crippen LogP contribution in [-0.4, -0.2) is 13.1 Å². The van der Waals surface area contributed by atoms with Crippen molar-refractivity contribution in [2.75, 3.05) is 13.1 Å². The van der Waals surface area contributed by atoms with Crippen LogP contribution in [-0.2, 0) is 6.42 Å². The third kappa shape index (κ3) is 2.95. The maximum absolute atomic E-state index is 3.50. The molecule has 2 rings (SSSR count). The minimum atomic E-state index is 0.907. The van der Waals surface area contributed by atoms with E-state index in [1.54, 1.807) is 5.56 Å². The molecule has 1 N–H and O–H groups in total. The number of nitrogens with one attached hydrogen (secondary N) is 1. The maximum atomic E-state index is 3.50. The normalized spacial score (nSPS) is 22.9. The fourth-order valence-electron chi connectivity index (χ4n) is 3.30. The van der Waals surface area contributed by atoms with E-state index in [0.717, 1.165) is 18.4 Å². The topological polar surface area (TPSA) is 12.0 Å². The Balaban J connectivity index is 2.01. The molecule has 1 nitrogen and oxygen atoms in total. The second-order valence-corrected chi connectivity index (χ2v) is 5.99. The molecule has 0 amide bonds. The maximum Gasteiger partial charge on any atom is -0.00179 e. The summed E-state index contributed by atoms with van der Waals surface area (Å²) in [6, 6.07) is 4.67. The lowest BCUT2D eigenvalue weighted by atomic mass is 9.70. The zero-order chi connectivity index (χ0) is 13.1. The second kappa shape index (κ2) is 5.88. The minimum absolute atomic E-state index is 0.907. The Bertz CT molecular complexity index is 385. The van der Waals surface area contributed by atoms with Crippen molar-refractivity contribution in [3.05, 3.63) is 34.4 Å². The summed E-state index contributed by atoms with van der Waals surface area (Å²) in [5.41, 5.74) is 5.97. The Hall–Kier alpha value is -0.820. The average Bonchev–Trinajstić information content (AvgIpc) is 2.26. The van der Waals surface area contributed by atoms with Gasteiger partial charge in [-0.15, -0.1) is 0 Å². The summed E-state index contributed by atoms with van der Waals surface area (Å²) in [7, 11) is 0. The summed E-state index contributed by atoms with van der Waals surface area (Å²) < 4.78 is 0. The van der Waals surface area contributed by atoms with E-state index < -0.39 is 0 Å². The summed E-state index contributed by atoms with van der Waals surface area (Å²) in [5, 5.41) is 3.50. The van der Waals surface area contributed by atoms with Crippen LogP contribution in [0.15, 0.2) is 12.1 Å². The van der Waals surface area contributed by atoms with E-state index >= 15 is 0 Å². The lowest BCUT2D eigenvalue weighted by Gasteiger charge is -2.37. The van der Waals surface area contributed by atoms with E-state index in [1.165, 1.54) is 42.5 Å². The van der Waals surface area contributed by atoms with Crippen LogP contribution in [0.2, 0.25) is 0 Å². The van der Waals surface area contributed by atoms with Crippen molar-refractivity contribution in [3.63, 3.8) is 0 Å². The first-order chi connectivity index (χ1) is 8.61. The number of hydrogen-bond donors (Lipinski definition) is 1. The molecule has 1 aromatic carbocycles. The van der Waals surface area contributed by atoms with Crippen molar-refractivity contribution in [2.24, 2.45) is 11.8 Å². The van der Waals surface area contributed by atoms with Gasteiger partial charge in [0.1, 0.15) is 0 Å². The summed E-state index contributed by atoms with van der Waals surface area (Å²) in [4.78, 5) is 0. The highest BCUT2D eigenvalue weighted by Crippen LogP contribution is 2.37. The molecule has 2 atom stereocenters. The monoisotopic (exact) mass is 245 g/mol. The van der Waals surface area contributed by atoms with Gasteiger partial charge in [0, 0.05) is 0 Å². The van der Waals surface area contributed by atoms with Crippen LogP contribution in [0.25, 0.3) is 0 Å². The van der Waals surface area contributed by atoms with Gasteiger partial charge >= 0.3 is 0 Å². The van der Waals surface area contributed by atoms with Gasteiger partial charge in [-0.2, -0.15) is 0 Å². The molecule has 100 valence electrons. The molecule has 0 spiro atoms. The van der Waals surface area contributed by atoms with Gasteiger partial charge in [-0.3, -0.25) is 0 Å². The summed E-state index contributed by atoms with van der Waals surface area (Å²) in [6.07, 6.45) is 4.12. The molecule has 0 saturated heterocycles. The Labute approximate surface area is 112 Å². The number of hydrogen-bond acceptors (Lipinski definition) is 1. The van der Waals surface area contributed by atoms with Gasteiger partial charge in [0.25, 0.3) is 0 Å². The van der Waals surface area contributed by atoms with E-state index in [-0.39, 0.29) is 0 Å². The Morgan fingerprint density at radius 1 is 1.06 bits per heavy atom. The van der Waals surface area contributed by atoms with Crippen molar-refractivity contribution >= 4 is 0 Å². The van der Waals surface area contributed by atoms with Crippen molar-refractivity contribution in [3.8, 4) is 0 Å².